The zero-order chi connectivity index (χ0) is 10.6. The monoisotopic (exact) mass is 385 g/mol. The van der Waals surface area contributed by atoms with Crippen molar-refractivity contribution in [1.29, 1.82) is 0 Å². The topological polar surface area (TPSA) is 29.1 Å². The van der Waals surface area contributed by atoms with Gasteiger partial charge < -0.3 is 5.32 Å². The van der Waals surface area contributed by atoms with E-state index in [4.69, 9.17) is 0 Å². The number of amides is 1. The van der Waals surface area contributed by atoms with Gasteiger partial charge in [-0.3, -0.25) is 4.79 Å². The van der Waals surface area contributed by atoms with E-state index in [0.29, 0.717) is 12.2 Å². The number of benzene rings is 1. The zero-order valence-electron chi connectivity index (χ0n) is 7.26. The SMILES string of the molecule is O=C(CCS)Nc1ccc(I)cc1Br. The molecule has 0 aromatic heterocycles. The minimum atomic E-state index is -0.0121. The van der Waals surface area contributed by atoms with Crippen LogP contribution in [-0.4, -0.2) is 11.7 Å². The predicted octanol–water partition coefficient (Wildman–Crippen LogP) is 3.31. The van der Waals surface area contributed by atoms with Gasteiger partial charge in [0.25, 0.3) is 0 Å². The number of rotatable bonds is 3. The van der Waals surface area contributed by atoms with Crippen molar-refractivity contribution >= 4 is 62.7 Å². The number of hydrogen-bond acceptors (Lipinski definition) is 2. The second-order valence-corrected chi connectivity index (χ2v) is 5.19. The number of carbonyl (C=O) groups excluding carboxylic acids is 1. The van der Waals surface area contributed by atoms with Crippen LogP contribution in [0.15, 0.2) is 22.7 Å². The van der Waals surface area contributed by atoms with E-state index in [9.17, 15) is 4.79 Å². The van der Waals surface area contributed by atoms with Crippen LogP contribution >= 0.6 is 51.1 Å². The van der Waals surface area contributed by atoms with E-state index in [1.807, 2.05) is 18.2 Å². The average molecular weight is 386 g/mol. The van der Waals surface area contributed by atoms with Crippen LogP contribution in [0.4, 0.5) is 5.69 Å². The molecule has 0 fully saturated rings. The van der Waals surface area contributed by atoms with E-state index in [1.165, 1.54) is 0 Å². The van der Waals surface area contributed by atoms with Crippen molar-refractivity contribution in [3.05, 3.63) is 26.2 Å². The molecule has 0 aliphatic rings. The molecule has 0 aliphatic heterocycles. The third-order valence-corrected chi connectivity index (χ3v) is 3.09. The maximum Gasteiger partial charge on any atom is 0.225 e. The van der Waals surface area contributed by atoms with Crippen LogP contribution in [0.2, 0.25) is 0 Å². The first-order valence-electron chi connectivity index (χ1n) is 3.99. The van der Waals surface area contributed by atoms with Crippen LogP contribution in [0.5, 0.6) is 0 Å². The minimum Gasteiger partial charge on any atom is -0.325 e. The van der Waals surface area contributed by atoms with Crippen LogP contribution in [0.25, 0.3) is 0 Å². The molecule has 0 saturated heterocycles. The summed E-state index contributed by atoms with van der Waals surface area (Å²) < 4.78 is 2.03. The Morgan fingerprint density at radius 1 is 1.57 bits per heavy atom. The Hall–Kier alpha value is 0.250. The molecule has 0 radical (unpaired) electrons. The molecule has 0 heterocycles. The molecule has 0 bridgehead atoms. The zero-order valence-corrected chi connectivity index (χ0v) is 11.9. The molecule has 0 unspecified atom stereocenters. The summed E-state index contributed by atoms with van der Waals surface area (Å²) in [6.45, 7) is 0. The fourth-order valence-corrected chi connectivity index (χ4v) is 2.51. The van der Waals surface area contributed by atoms with Gasteiger partial charge in [-0.25, -0.2) is 0 Å². The Labute approximate surface area is 111 Å². The number of carbonyl (C=O) groups is 1. The first-order chi connectivity index (χ1) is 6.63. The summed E-state index contributed by atoms with van der Waals surface area (Å²) in [5, 5.41) is 2.80. The Morgan fingerprint density at radius 2 is 2.29 bits per heavy atom. The first kappa shape index (κ1) is 12.3. The molecule has 1 aromatic carbocycles. The Morgan fingerprint density at radius 3 is 2.86 bits per heavy atom. The van der Waals surface area contributed by atoms with Crippen molar-refractivity contribution in [3.63, 3.8) is 0 Å². The van der Waals surface area contributed by atoms with Crippen molar-refractivity contribution in [3.8, 4) is 0 Å². The van der Waals surface area contributed by atoms with Crippen LogP contribution in [0.3, 0.4) is 0 Å². The maximum absolute atomic E-state index is 11.3. The van der Waals surface area contributed by atoms with Gasteiger partial charge in [-0.15, -0.1) is 0 Å². The fraction of sp³-hybridized carbons (Fsp3) is 0.222. The Bertz CT molecular complexity index is 346. The van der Waals surface area contributed by atoms with Gasteiger partial charge in [-0.2, -0.15) is 12.6 Å². The molecule has 0 spiro atoms. The Kier molecular flexibility index (Phi) is 5.25. The molecular formula is C9H9BrINOS. The van der Waals surface area contributed by atoms with Gasteiger partial charge in [0, 0.05) is 14.5 Å². The largest absolute Gasteiger partial charge is 0.325 e. The van der Waals surface area contributed by atoms with E-state index in [2.05, 4.69) is 56.5 Å². The summed E-state index contributed by atoms with van der Waals surface area (Å²) in [6, 6.07) is 5.78. The fourth-order valence-electron chi connectivity index (χ4n) is 0.905. The highest BCUT2D eigenvalue weighted by Gasteiger charge is 2.04. The van der Waals surface area contributed by atoms with Gasteiger partial charge in [-0.1, -0.05) is 0 Å². The summed E-state index contributed by atoms with van der Waals surface area (Å²) in [4.78, 5) is 11.3. The molecule has 0 aliphatic carbocycles. The molecule has 1 amide bonds. The lowest BCUT2D eigenvalue weighted by Gasteiger charge is -2.06. The van der Waals surface area contributed by atoms with E-state index < -0.39 is 0 Å². The lowest BCUT2D eigenvalue weighted by atomic mass is 10.3. The molecule has 0 atom stereocenters. The molecule has 5 heteroatoms. The van der Waals surface area contributed by atoms with Crippen molar-refractivity contribution in [2.75, 3.05) is 11.1 Å². The van der Waals surface area contributed by atoms with Crippen LogP contribution in [0, 0.1) is 3.57 Å². The lowest BCUT2D eigenvalue weighted by Crippen LogP contribution is -2.12. The van der Waals surface area contributed by atoms with Crippen molar-refractivity contribution in [2.24, 2.45) is 0 Å². The van der Waals surface area contributed by atoms with E-state index in [1.54, 1.807) is 0 Å². The number of nitrogens with one attached hydrogen (secondary N) is 1. The van der Waals surface area contributed by atoms with Crippen LogP contribution < -0.4 is 5.32 Å². The third kappa shape index (κ3) is 3.78. The van der Waals surface area contributed by atoms with Gasteiger partial charge in [0.15, 0.2) is 0 Å². The highest BCUT2D eigenvalue weighted by molar-refractivity contribution is 14.1. The molecule has 1 rings (SSSR count). The minimum absolute atomic E-state index is 0.0121. The summed E-state index contributed by atoms with van der Waals surface area (Å²) in [5.74, 6) is 0.551. The lowest BCUT2D eigenvalue weighted by molar-refractivity contribution is -0.115. The molecular weight excluding hydrogens is 377 g/mol. The van der Waals surface area contributed by atoms with Crippen molar-refractivity contribution in [2.45, 2.75) is 6.42 Å². The highest BCUT2D eigenvalue weighted by atomic mass is 127. The molecule has 1 N–H and O–H groups in total. The number of halogens is 2. The number of hydrogen-bond donors (Lipinski definition) is 2. The molecule has 76 valence electrons. The molecule has 1 aromatic rings. The van der Waals surface area contributed by atoms with Gasteiger partial charge >= 0.3 is 0 Å². The number of anilines is 1. The predicted molar refractivity (Wildman–Crippen MR) is 74.0 cm³/mol. The molecule has 2 nitrogen and oxygen atoms in total. The van der Waals surface area contributed by atoms with E-state index in [-0.39, 0.29) is 5.91 Å². The summed E-state index contributed by atoms with van der Waals surface area (Å²) in [5.41, 5.74) is 0.803. The molecule has 0 saturated carbocycles. The summed E-state index contributed by atoms with van der Waals surface area (Å²) in [7, 11) is 0. The van der Waals surface area contributed by atoms with Gasteiger partial charge in [0.2, 0.25) is 5.91 Å². The smallest absolute Gasteiger partial charge is 0.225 e. The van der Waals surface area contributed by atoms with Crippen LogP contribution in [-0.2, 0) is 4.79 Å². The molecule has 14 heavy (non-hydrogen) atoms. The van der Waals surface area contributed by atoms with Crippen molar-refractivity contribution < 1.29 is 4.79 Å². The summed E-state index contributed by atoms with van der Waals surface area (Å²) >= 11 is 9.60. The quantitative estimate of drug-likeness (QED) is 0.606. The summed E-state index contributed by atoms with van der Waals surface area (Å²) in [6.07, 6.45) is 0.432. The maximum atomic E-state index is 11.3. The first-order valence-corrected chi connectivity index (χ1v) is 6.49. The second-order valence-electron chi connectivity index (χ2n) is 2.65. The van der Waals surface area contributed by atoms with Gasteiger partial charge in [-0.05, 0) is 62.5 Å². The standard InChI is InChI=1S/C9H9BrINOS/c10-7-5-6(11)1-2-8(7)12-9(13)3-4-14/h1-2,5,14H,3-4H2,(H,12,13). The average Bonchev–Trinajstić information content (AvgIpc) is 2.10. The van der Waals surface area contributed by atoms with Gasteiger partial charge in [0.1, 0.15) is 0 Å². The second kappa shape index (κ2) is 5.97. The van der Waals surface area contributed by atoms with Gasteiger partial charge in [0.05, 0.1) is 5.69 Å². The number of thiol groups is 1. The normalized spacial score (nSPS) is 9.93. The highest BCUT2D eigenvalue weighted by Crippen LogP contribution is 2.24. The van der Waals surface area contributed by atoms with E-state index in [0.717, 1.165) is 13.7 Å². The van der Waals surface area contributed by atoms with E-state index >= 15 is 0 Å². The van der Waals surface area contributed by atoms with Crippen molar-refractivity contribution in [1.82, 2.24) is 0 Å². The third-order valence-electron chi connectivity index (χ3n) is 1.54. The van der Waals surface area contributed by atoms with Crippen LogP contribution in [0.1, 0.15) is 6.42 Å². The Balaban J connectivity index is 2.72.